The quantitative estimate of drug-likeness (QED) is 0.172. The molecule has 1 saturated heterocycles. The first-order valence-corrected chi connectivity index (χ1v) is 12.9. The number of halogens is 1. The van der Waals surface area contributed by atoms with Gasteiger partial charge in [0, 0.05) is 63.1 Å². The molecular weight excluding hydrogens is 592 g/mol. The van der Waals surface area contributed by atoms with Crippen LogP contribution in [-0.4, -0.2) is 72.7 Å². The molecule has 0 aliphatic carbocycles. The van der Waals surface area contributed by atoms with Crippen molar-refractivity contribution in [1.29, 1.82) is 0 Å². The Morgan fingerprint density at radius 3 is 2.30 bits per heavy atom. The summed E-state index contributed by atoms with van der Waals surface area (Å²) in [7, 11) is 0. The van der Waals surface area contributed by atoms with Crippen molar-refractivity contribution in [3.8, 4) is 5.75 Å². The molecule has 2 aromatic rings. The van der Waals surface area contributed by atoms with E-state index in [1.807, 2.05) is 4.90 Å². The summed E-state index contributed by atoms with van der Waals surface area (Å²) in [5, 5.41) is 11.2. The lowest BCUT2D eigenvalue weighted by Gasteiger charge is -2.44. The summed E-state index contributed by atoms with van der Waals surface area (Å²) in [6.45, 7) is -3.54. The first-order valence-electron chi connectivity index (χ1n) is 15.4. The second kappa shape index (κ2) is 13.3. The Kier molecular flexibility index (Phi) is 8.08. The molecule has 2 aliphatic rings. The third kappa shape index (κ3) is 7.51. The van der Waals surface area contributed by atoms with Crippen molar-refractivity contribution >= 4 is 52.5 Å². The van der Waals surface area contributed by atoms with Gasteiger partial charge < -0.3 is 33.3 Å². The second-order valence-electron chi connectivity index (χ2n) is 9.29. The van der Waals surface area contributed by atoms with Gasteiger partial charge in [-0.1, -0.05) is 11.6 Å². The van der Waals surface area contributed by atoms with Crippen LogP contribution in [0.25, 0.3) is 0 Å². The Morgan fingerprint density at radius 2 is 1.65 bits per heavy atom. The van der Waals surface area contributed by atoms with Crippen molar-refractivity contribution in [2.45, 2.75) is 64.7 Å². The number of ether oxygens (including phenoxy) is 6. The molecule has 0 spiro atoms. The topological polar surface area (TPSA) is 170 Å². The summed E-state index contributed by atoms with van der Waals surface area (Å²) in [6, 6.07) is 9.17. The molecule has 0 bridgehead atoms. The summed E-state index contributed by atoms with van der Waals surface area (Å²) in [6.07, 6.45) is -7.68. The predicted molar refractivity (Wildman–Crippen MR) is 148 cm³/mol. The highest BCUT2D eigenvalue weighted by Gasteiger charge is 2.53. The van der Waals surface area contributed by atoms with Crippen molar-refractivity contribution in [2.75, 3.05) is 18.1 Å². The van der Waals surface area contributed by atoms with Gasteiger partial charge in [-0.2, -0.15) is 0 Å². The van der Waals surface area contributed by atoms with Crippen LogP contribution >= 0.6 is 11.6 Å². The zero-order valence-electron chi connectivity index (χ0n) is 26.5. The Hall–Kier alpha value is -4.43. The van der Waals surface area contributed by atoms with Crippen molar-refractivity contribution in [2.24, 2.45) is 0 Å². The summed E-state index contributed by atoms with van der Waals surface area (Å²) in [5.41, 5.74) is 2.10. The average Bonchev–Trinajstić information content (AvgIpc) is 3.50. The molecule has 15 heteroatoms. The number of nitrogens with zero attached hydrogens (tertiary/aromatic N) is 2. The molecule has 5 atom stereocenters. The number of nitro benzene ring substituents is 1. The molecule has 14 nitrogen and oxygen atoms in total. The van der Waals surface area contributed by atoms with Crippen LogP contribution in [0.15, 0.2) is 36.4 Å². The van der Waals surface area contributed by atoms with Crippen molar-refractivity contribution in [3.63, 3.8) is 0 Å². The highest BCUT2D eigenvalue weighted by Crippen LogP contribution is 2.40. The van der Waals surface area contributed by atoms with E-state index in [9.17, 15) is 29.3 Å². The number of nitro groups is 1. The summed E-state index contributed by atoms with van der Waals surface area (Å²) in [5.74, 6) is -4.35. The van der Waals surface area contributed by atoms with Crippen LogP contribution in [0, 0.1) is 10.1 Å². The minimum Gasteiger partial charge on any atom is -0.463 e. The second-order valence-corrected chi connectivity index (χ2v) is 9.70. The van der Waals surface area contributed by atoms with Crippen molar-refractivity contribution in [1.82, 2.24) is 0 Å². The number of esters is 4. The van der Waals surface area contributed by atoms with E-state index < -0.39 is 93.7 Å². The van der Waals surface area contributed by atoms with E-state index in [2.05, 4.69) is 0 Å². The molecule has 4 rings (SSSR count). The summed E-state index contributed by atoms with van der Waals surface area (Å²) in [4.78, 5) is 61.2. The number of non-ortho nitro benzene ring substituents is 1. The van der Waals surface area contributed by atoms with Crippen LogP contribution in [0.2, 0.25) is 5.02 Å². The monoisotopic (exact) mass is 624 g/mol. The SMILES string of the molecule is [2H]CC(=O)OC[C@H]1OC(Oc2ccc(N3CCc4cc([N+](=O)[O-])ccc43)cc2Cl)[C@@H](OC(=O)C[2H])[C@@H](OC(=O)C[2H])[C@@H]1OC(=O)C[2H]. The maximum atomic E-state index is 12.3. The molecule has 0 N–H and O–H groups in total. The van der Waals surface area contributed by atoms with Gasteiger partial charge in [-0.25, -0.2) is 0 Å². The van der Waals surface area contributed by atoms with E-state index in [-0.39, 0.29) is 16.5 Å². The van der Waals surface area contributed by atoms with Gasteiger partial charge in [0.2, 0.25) is 12.4 Å². The fourth-order valence-electron chi connectivity index (χ4n) is 4.79. The van der Waals surface area contributed by atoms with Crippen molar-refractivity contribution in [3.05, 3.63) is 57.1 Å². The van der Waals surface area contributed by atoms with E-state index in [1.54, 1.807) is 18.2 Å². The van der Waals surface area contributed by atoms with Crippen LogP contribution in [0.3, 0.4) is 0 Å². The zero-order chi connectivity index (χ0) is 34.2. The van der Waals surface area contributed by atoms with Crippen LogP contribution in [0.5, 0.6) is 5.75 Å². The number of carbonyl (C=O) groups excluding carboxylic acids is 4. The van der Waals surface area contributed by atoms with Gasteiger partial charge >= 0.3 is 23.9 Å². The van der Waals surface area contributed by atoms with Gasteiger partial charge in [0.05, 0.1) is 9.95 Å². The first-order chi connectivity index (χ1) is 22.5. The van der Waals surface area contributed by atoms with Crippen LogP contribution in [-0.2, 0) is 49.3 Å². The lowest BCUT2D eigenvalue weighted by Crippen LogP contribution is -2.63. The molecule has 2 aliphatic heterocycles. The average molecular weight is 625 g/mol. The molecule has 230 valence electrons. The third-order valence-corrected chi connectivity index (χ3v) is 6.74. The molecule has 2 aromatic carbocycles. The van der Waals surface area contributed by atoms with Gasteiger partial charge in [0.15, 0.2) is 12.2 Å². The normalized spacial score (nSPS) is 23.8. The van der Waals surface area contributed by atoms with Gasteiger partial charge in [0.25, 0.3) is 5.69 Å². The number of benzene rings is 2. The Morgan fingerprint density at radius 1 is 0.977 bits per heavy atom. The van der Waals surface area contributed by atoms with E-state index in [4.69, 9.17) is 45.5 Å². The summed E-state index contributed by atoms with van der Waals surface area (Å²) < 4.78 is 62.2. The van der Waals surface area contributed by atoms with Crippen LogP contribution in [0.1, 0.15) is 38.6 Å². The van der Waals surface area contributed by atoms with Gasteiger partial charge in [-0.15, -0.1) is 0 Å². The third-order valence-electron chi connectivity index (χ3n) is 6.44. The van der Waals surface area contributed by atoms with Crippen molar-refractivity contribution < 1.29 is 58.0 Å². The molecule has 43 heavy (non-hydrogen) atoms. The van der Waals surface area contributed by atoms with Crippen LogP contribution < -0.4 is 9.64 Å². The number of rotatable bonds is 9. The number of fused-ring (bicyclic) bond motifs is 1. The Balaban J connectivity index is 1.67. The summed E-state index contributed by atoms with van der Waals surface area (Å²) >= 11 is 6.59. The predicted octanol–water partition coefficient (Wildman–Crippen LogP) is 3.40. The molecule has 0 aromatic heterocycles. The number of anilines is 2. The molecule has 0 amide bonds. The van der Waals surface area contributed by atoms with E-state index in [0.29, 0.717) is 18.7 Å². The minimum atomic E-state index is -1.72. The van der Waals surface area contributed by atoms with E-state index in [1.165, 1.54) is 18.2 Å². The molecule has 1 fully saturated rings. The fourth-order valence-corrected chi connectivity index (χ4v) is 5.01. The lowest BCUT2D eigenvalue weighted by atomic mass is 9.98. The maximum Gasteiger partial charge on any atom is 0.303 e. The maximum absolute atomic E-state index is 12.3. The minimum absolute atomic E-state index is 0.0236. The highest BCUT2D eigenvalue weighted by atomic mass is 35.5. The first kappa shape index (κ1) is 26.2. The largest absolute Gasteiger partial charge is 0.463 e. The van der Waals surface area contributed by atoms with Gasteiger partial charge in [-0.3, -0.25) is 29.3 Å². The Bertz CT molecular complexity index is 1520. The molecule has 1 unspecified atom stereocenters. The van der Waals surface area contributed by atoms with Gasteiger partial charge in [0.1, 0.15) is 18.5 Å². The molecular formula is C28H29ClN2O12. The zero-order valence-corrected chi connectivity index (χ0v) is 23.2. The molecule has 0 saturated carbocycles. The Labute approximate surface area is 256 Å². The van der Waals surface area contributed by atoms with Gasteiger partial charge in [-0.05, 0) is 36.2 Å². The van der Waals surface area contributed by atoms with Crippen LogP contribution in [0.4, 0.5) is 17.1 Å². The standard InChI is InChI=1S/C28H29ClN2O12/c1-14(32)38-13-24-25(39-15(2)33)26(40-16(3)34)27(41-17(4)35)28(43-24)42-23-8-6-19(12-21(23)29)30-10-9-18-11-20(31(36)37)5-7-22(18)30/h5-8,11-12,24-28H,9-10,13H2,1-4H3/t24-,25-,26+,27+,28?/m1/s1/i1D,2D,3D,4D. The smallest absolute Gasteiger partial charge is 0.303 e. The lowest BCUT2D eigenvalue weighted by molar-refractivity contribution is -0.384. The van der Waals surface area contributed by atoms with E-state index >= 15 is 0 Å². The molecule has 0 radical (unpaired) electrons. The number of carbonyl (C=O) groups is 4. The number of hydrogen-bond donors (Lipinski definition) is 0. The fraction of sp³-hybridized carbons (Fsp3) is 0.429. The number of hydrogen-bond acceptors (Lipinski definition) is 13. The molecule has 2 heterocycles. The van der Waals surface area contributed by atoms with E-state index in [0.717, 1.165) is 11.3 Å². The highest BCUT2D eigenvalue weighted by molar-refractivity contribution is 6.32.